The van der Waals surface area contributed by atoms with Gasteiger partial charge in [0.2, 0.25) is 0 Å². The quantitative estimate of drug-likeness (QED) is 0.620. The van der Waals surface area contributed by atoms with Gasteiger partial charge in [-0.15, -0.1) is 11.8 Å². The molecular formula is C16H13BrN2S. The number of thioether (sulfide) groups is 1. The first-order chi connectivity index (χ1) is 9.78. The third kappa shape index (κ3) is 2.67. The molecule has 100 valence electrons. The molecule has 2 nitrogen and oxygen atoms in total. The molecule has 1 aromatic heterocycles. The van der Waals surface area contributed by atoms with Gasteiger partial charge in [0.05, 0.1) is 11.4 Å². The summed E-state index contributed by atoms with van der Waals surface area (Å²) < 4.78 is 3.07. The molecule has 0 spiro atoms. The molecule has 0 fully saturated rings. The Balaban J connectivity index is 2.07. The van der Waals surface area contributed by atoms with Crippen molar-refractivity contribution in [3.63, 3.8) is 0 Å². The van der Waals surface area contributed by atoms with Crippen molar-refractivity contribution in [2.75, 3.05) is 6.26 Å². The van der Waals surface area contributed by atoms with Gasteiger partial charge >= 0.3 is 0 Å². The molecule has 0 bridgehead atoms. The van der Waals surface area contributed by atoms with Crippen molar-refractivity contribution in [3.8, 4) is 16.9 Å². The Morgan fingerprint density at radius 3 is 2.35 bits per heavy atom. The predicted octanol–water partition coefficient (Wildman–Crippen LogP) is 5.02. The van der Waals surface area contributed by atoms with Crippen molar-refractivity contribution >= 4 is 27.7 Å². The van der Waals surface area contributed by atoms with Gasteiger partial charge in [0.15, 0.2) is 0 Å². The number of benzene rings is 2. The molecule has 0 saturated heterocycles. The Morgan fingerprint density at radius 1 is 1.00 bits per heavy atom. The van der Waals surface area contributed by atoms with Gasteiger partial charge < -0.3 is 0 Å². The molecule has 0 radical (unpaired) electrons. The molecule has 0 N–H and O–H groups in total. The molecule has 1 heterocycles. The smallest absolute Gasteiger partial charge is 0.100 e. The van der Waals surface area contributed by atoms with Crippen LogP contribution in [0.5, 0.6) is 0 Å². The summed E-state index contributed by atoms with van der Waals surface area (Å²) in [6.07, 6.45) is 2.07. The van der Waals surface area contributed by atoms with E-state index in [2.05, 4.69) is 52.5 Å². The maximum atomic E-state index is 4.73. The van der Waals surface area contributed by atoms with E-state index in [1.54, 1.807) is 11.8 Å². The molecule has 0 aliphatic rings. The van der Waals surface area contributed by atoms with Crippen molar-refractivity contribution in [2.45, 2.75) is 5.03 Å². The monoisotopic (exact) mass is 344 g/mol. The first-order valence-corrected chi connectivity index (χ1v) is 8.25. The number of aromatic nitrogens is 2. The topological polar surface area (TPSA) is 17.8 Å². The first-order valence-electron chi connectivity index (χ1n) is 6.23. The standard InChI is InChI=1S/C16H13BrN2S/c1-20-16-11-15(12-7-9-13(17)10-8-12)18-19(16)14-5-3-2-4-6-14/h2-11H,1H3. The number of halogens is 1. The van der Waals surface area contributed by atoms with Gasteiger partial charge in [-0.1, -0.05) is 46.3 Å². The second-order valence-electron chi connectivity index (χ2n) is 4.33. The molecule has 3 aromatic rings. The van der Waals surface area contributed by atoms with E-state index in [1.807, 2.05) is 35.0 Å². The summed E-state index contributed by atoms with van der Waals surface area (Å²) in [5.74, 6) is 0. The molecule has 3 rings (SSSR count). The Hall–Kier alpha value is -1.52. The average Bonchev–Trinajstić information content (AvgIpc) is 2.93. The predicted molar refractivity (Wildman–Crippen MR) is 88.5 cm³/mol. The van der Waals surface area contributed by atoms with Gasteiger partial charge in [0.1, 0.15) is 5.03 Å². The highest BCUT2D eigenvalue weighted by Gasteiger charge is 2.10. The third-order valence-corrected chi connectivity index (χ3v) is 4.26. The van der Waals surface area contributed by atoms with Crippen LogP contribution in [0.3, 0.4) is 0 Å². The van der Waals surface area contributed by atoms with E-state index in [9.17, 15) is 0 Å². The van der Waals surface area contributed by atoms with E-state index in [-0.39, 0.29) is 0 Å². The normalized spacial score (nSPS) is 10.7. The van der Waals surface area contributed by atoms with Crippen molar-refractivity contribution in [2.24, 2.45) is 0 Å². The van der Waals surface area contributed by atoms with E-state index in [1.165, 1.54) is 0 Å². The maximum Gasteiger partial charge on any atom is 0.100 e. The van der Waals surface area contributed by atoms with Gasteiger partial charge in [-0.3, -0.25) is 0 Å². The lowest BCUT2D eigenvalue weighted by Gasteiger charge is -2.04. The fourth-order valence-corrected chi connectivity index (χ4v) is 2.84. The lowest BCUT2D eigenvalue weighted by molar-refractivity contribution is 0.807. The minimum atomic E-state index is 0.991. The summed E-state index contributed by atoms with van der Waals surface area (Å²) in [7, 11) is 0. The Morgan fingerprint density at radius 2 is 1.70 bits per heavy atom. The third-order valence-electron chi connectivity index (χ3n) is 3.03. The van der Waals surface area contributed by atoms with Crippen LogP contribution in [0, 0.1) is 0 Å². The Kier molecular flexibility index (Phi) is 3.94. The lowest BCUT2D eigenvalue weighted by Crippen LogP contribution is -1.97. The molecule has 0 atom stereocenters. The zero-order valence-corrected chi connectivity index (χ0v) is 13.4. The van der Waals surface area contributed by atoms with Crippen LogP contribution in [0.2, 0.25) is 0 Å². The summed E-state index contributed by atoms with van der Waals surface area (Å²) in [5.41, 5.74) is 3.20. The van der Waals surface area contributed by atoms with Crippen LogP contribution >= 0.6 is 27.7 Å². The highest BCUT2D eigenvalue weighted by Crippen LogP contribution is 2.27. The summed E-state index contributed by atoms with van der Waals surface area (Å²) in [6.45, 7) is 0. The fraction of sp³-hybridized carbons (Fsp3) is 0.0625. The van der Waals surface area contributed by atoms with Crippen LogP contribution in [0.25, 0.3) is 16.9 Å². The fourth-order valence-electron chi connectivity index (χ4n) is 2.03. The minimum absolute atomic E-state index is 0.991. The van der Waals surface area contributed by atoms with Crippen LogP contribution in [0.1, 0.15) is 0 Å². The van der Waals surface area contributed by atoms with Crippen LogP contribution in [0.4, 0.5) is 0 Å². The Bertz CT molecular complexity index is 705. The zero-order valence-electron chi connectivity index (χ0n) is 11.0. The first kappa shape index (κ1) is 13.5. The number of nitrogens with zero attached hydrogens (tertiary/aromatic N) is 2. The highest BCUT2D eigenvalue weighted by atomic mass is 79.9. The summed E-state index contributed by atoms with van der Waals surface area (Å²) in [5, 5.41) is 5.87. The summed E-state index contributed by atoms with van der Waals surface area (Å²) in [6, 6.07) is 20.6. The van der Waals surface area contributed by atoms with Gasteiger partial charge in [-0.25, -0.2) is 4.68 Å². The number of rotatable bonds is 3. The molecule has 0 aliphatic carbocycles. The van der Waals surface area contributed by atoms with E-state index < -0.39 is 0 Å². The van der Waals surface area contributed by atoms with Gasteiger partial charge in [0, 0.05) is 10.0 Å². The van der Waals surface area contributed by atoms with Crippen molar-refractivity contribution in [3.05, 3.63) is 65.1 Å². The van der Waals surface area contributed by atoms with Crippen molar-refractivity contribution < 1.29 is 0 Å². The summed E-state index contributed by atoms with van der Waals surface area (Å²) in [4.78, 5) is 0. The number of hydrogen-bond acceptors (Lipinski definition) is 2. The maximum absolute atomic E-state index is 4.73. The van der Waals surface area contributed by atoms with Crippen molar-refractivity contribution in [1.29, 1.82) is 0 Å². The van der Waals surface area contributed by atoms with Crippen LogP contribution in [-0.4, -0.2) is 16.0 Å². The molecule has 2 aromatic carbocycles. The Labute approximate surface area is 131 Å². The van der Waals surface area contributed by atoms with Crippen LogP contribution < -0.4 is 0 Å². The highest BCUT2D eigenvalue weighted by molar-refractivity contribution is 9.10. The second-order valence-corrected chi connectivity index (χ2v) is 6.07. The molecule has 20 heavy (non-hydrogen) atoms. The van der Waals surface area contributed by atoms with Crippen LogP contribution in [-0.2, 0) is 0 Å². The molecular weight excluding hydrogens is 332 g/mol. The van der Waals surface area contributed by atoms with E-state index in [0.717, 1.165) is 26.4 Å². The van der Waals surface area contributed by atoms with Gasteiger partial charge in [0.25, 0.3) is 0 Å². The number of hydrogen-bond donors (Lipinski definition) is 0. The van der Waals surface area contributed by atoms with Crippen molar-refractivity contribution in [1.82, 2.24) is 9.78 Å². The molecule has 4 heteroatoms. The molecule has 0 unspecified atom stereocenters. The summed E-state index contributed by atoms with van der Waals surface area (Å²) >= 11 is 5.16. The molecule has 0 saturated carbocycles. The van der Waals surface area contributed by atoms with Gasteiger partial charge in [-0.2, -0.15) is 5.10 Å². The minimum Gasteiger partial charge on any atom is -0.227 e. The largest absolute Gasteiger partial charge is 0.227 e. The van der Waals surface area contributed by atoms with E-state index in [0.29, 0.717) is 0 Å². The van der Waals surface area contributed by atoms with Gasteiger partial charge in [-0.05, 0) is 36.6 Å². The number of para-hydroxylation sites is 1. The zero-order chi connectivity index (χ0) is 13.9. The van der Waals surface area contributed by atoms with E-state index >= 15 is 0 Å². The second kappa shape index (κ2) is 5.85. The average molecular weight is 345 g/mol. The van der Waals surface area contributed by atoms with E-state index in [4.69, 9.17) is 5.10 Å². The van der Waals surface area contributed by atoms with Crippen LogP contribution in [0.15, 0.2) is 70.2 Å². The molecule has 0 aliphatic heterocycles. The SMILES string of the molecule is CSc1cc(-c2ccc(Br)cc2)nn1-c1ccccc1. The molecule has 0 amide bonds. The lowest BCUT2D eigenvalue weighted by atomic mass is 10.2.